The molecule has 19 heavy (non-hydrogen) atoms. The summed E-state index contributed by atoms with van der Waals surface area (Å²) in [4.78, 5) is 26.2. The summed E-state index contributed by atoms with van der Waals surface area (Å²) in [6.07, 6.45) is 3.03. The third kappa shape index (κ3) is 0.577. The standard InChI is InChI=1S/C17H18O2/c1-6-4-16-12-8-3-9-11(10(8)14(16)18)15(19)17(16,13(9)12)5-7(6)2/h8-13H,3-5H2,1-2H3. The minimum atomic E-state index is -0.213. The van der Waals surface area contributed by atoms with Gasteiger partial charge in [-0.1, -0.05) is 11.1 Å². The largest absolute Gasteiger partial charge is 0.299 e. The molecule has 8 atom stereocenters. The number of hydrogen-bond acceptors (Lipinski definition) is 2. The first kappa shape index (κ1) is 9.90. The van der Waals surface area contributed by atoms with Crippen LogP contribution in [0.3, 0.4) is 0 Å². The van der Waals surface area contributed by atoms with Crippen LogP contribution in [-0.4, -0.2) is 11.6 Å². The van der Waals surface area contributed by atoms with Crippen molar-refractivity contribution in [3.63, 3.8) is 0 Å². The number of ketones is 2. The number of allylic oxidation sites excluding steroid dienone is 2. The molecule has 0 N–H and O–H groups in total. The van der Waals surface area contributed by atoms with Crippen molar-refractivity contribution in [3.05, 3.63) is 11.1 Å². The summed E-state index contributed by atoms with van der Waals surface area (Å²) in [5.74, 6) is 3.74. The lowest BCUT2D eigenvalue weighted by molar-refractivity contribution is -0.193. The van der Waals surface area contributed by atoms with Crippen molar-refractivity contribution < 1.29 is 9.59 Å². The molecule has 0 heterocycles. The first-order chi connectivity index (χ1) is 9.05. The van der Waals surface area contributed by atoms with Gasteiger partial charge in [0.25, 0.3) is 0 Å². The van der Waals surface area contributed by atoms with Crippen molar-refractivity contribution >= 4 is 11.6 Å². The SMILES string of the molecule is CC1=C(C)CC23C(=O)C4C5CC6C4C(=O)C2(C1)C6C53. The number of carbonyl (C=O) groups is 2. The molecule has 6 aliphatic carbocycles. The fourth-order valence-electron chi connectivity index (χ4n) is 8.20. The first-order valence-electron chi connectivity index (χ1n) is 7.79. The van der Waals surface area contributed by atoms with E-state index < -0.39 is 0 Å². The molecule has 2 bridgehead atoms. The number of carbonyl (C=O) groups excluding carboxylic acids is 2. The van der Waals surface area contributed by atoms with Crippen molar-refractivity contribution in [1.82, 2.24) is 0 Å². The third-order valence-corrected chi connectivity index (χ3v) is 8.40. The lowest BCUT2D eigenvalue weighted by Crippen LogP contribution is -2.69. The van der Waals surface area contributed by atoms with Crippen molar-refractivity contribution in [2.75, 3.05) is 0 Å². The highest BCUT2D eigenvalue weighted by atomic mass is 16.2. The Morgan fingerprint density at radius 2 is 1.26 bits per heavy atom. The summed E-state index contributed by atoms with van der Waals surface area (Å²) in [7, 11) is 0. The first-order valence-corrected chi connectivity index (χ1v) is 7.79. The molecule has 2 nitrogen and oxygen atoms in total. The normalized spacial score (nSPS) is 66.2. The van der Waals surface area contributed by atoms with Gasteiger partial charge in [-0.3, -0.25) is 9.59 Å². The van der Waals surface area contributed by atoms with E-state index in [1.54, 1.807) is 0 Å². The van der Waals surface area contributed by atoms with E-state index in [0.717, 1.165) is 12.8 Å². The minimum absolute atomic E-state index is 0.153. The molecule has 2 heteroatoms. The molecule has 0 amide bonds. The summed E-state index contributed by atoms with van der Waals surface area (Å²) >= 11 is 0. The fraction of sp³-hybridized carbons (Fsp3) is 0.765. The van der Waals surface area contributed by atoms with Gasteiger partial charge in [-0.15, -0.1) is 0 Å². The molecule has 0 radical (unpaired) electrons. The molecule has 0 aromatic carbocycles. The lowest BCUT2D eigenvalue weighted by atomic mass is 9.35. The molecular weight excluding hydrogens is 236 g/mol. The van der Waals surface area contributed by atoms with Gasteiger partial charge in [0.1, 0.15) is 11.6 Å². The second kappa shape index (κ2) is 2.27. The smallest absolute Gasteiger partial charge is 0.144 e. The van der Waals surface area contributed by atoms with Crippen LogP contribution in [0.25, 0.3) is 0 Å². The highest BCUT2D eigenvalue weighted by Gasteiger charge is 2.95. The van der Waals surface area contributed by atoms with Crippen molar-refractivity contribution in [3.8, 4) is 0 Å². The van der Waals surface area contributed by atoms with Crippen LogP contribution in [0, 0.1) is 46.3 Å². The van der Waals surface area contributed by atoms with Crippen molar-refractivity contribution in [2.45, 2.75) is 33.1 Å². The van der Waals surface area contributed by atoms with Crippen molar-refractivity contribution in [1.29, 1.82) is 0 Å². The monoisotopic (exact) mass is 254 g/mol. The molecule has 0 aromatic heterocycles. The summed E-state index contributed by atoms with van der Waals surface area (Å²) in [6, 6.07) is 0. The molecule has 8 unspecified atom stereocenters. The molecule has 2 spiro atoms. The number of hydrogen-bond donors (Lipinski definition) is 0. The summed E-state index contributed by atoms with van der Waals surface area (Å²) in [6.45, 7) is 4.37. The van der Waals surface area contributed by atoms with Crippen LogP contribution in [0.2, 0.25) is 0 Å². The maximum atomic E-state index is 13.1. The molecule has 0 aliphatic heterocycles. The maximum absolute atomic E-state index is 13.1. The molecule has 0 saturated heterocycles. The Labute approximate surface area is 112 Å². The Morgan fingerprint density at radius 3 is 1.68 bits per heavy atom. The number of Topliss-reactive ketones (excluding diaryl/α,β-unsaturated/α-hetero) is 2. The molecule has 5 fully saturated rings. The Morgan fingerprint density at radius 1 is 0.842 bits per heavy atom. The predicted octanol–water partition coefficient (Wildman–Crippen LogP) is 2.38. The van der Waals surface area contributed by atoms with Crippen LogP contribution in [0.15, 0.2) is 11.1 Å². The van der Waals surface area contributed by atoms with Gasteiger partial charge in [-0.2, -0.15) is 0 Å². The van der Waals surface area contributed by atoms with E-state index in [4.69, 9.17) is 0 Å². The minimum Gasteiger partial charge on any atom is -0.299 e. The molecule has 6 aliphatic rings. The van der Waals surface area contributed by atoms with Crippen LogP contribution >= 0.6 is 0 Å². The average Bonchev–Trinajstić information content (AvgIpc) is 2.93. The molecular formula is C17H18O2. The van der Waals surface area contributed by atoms with Gasteiger partial charge >= 0.3 is 0 Å². The highest BCUT2D eigenvalue weighted by Crippen LogP contribution is 2.92. The van der Waals surface area contributed by atoms with E-state index in [-0.39, 0.29) is 22.7 Å². The van der Waals surface area contributed by atoms with Gasteiger partial charge in [0.2, 0.25) is 0 Å². The topological polar surface area (TPSA) is 34.1 Å². The second-order valence-corrected chi connectivity index (χ2v) is 8.25. The maximum Gasteiger partial charge on any atom is 0.144 e. The van der Waals surface area contributed by atoms with E-state index in [9.17, 15) is 9.59 Å². The van der Waals surface area contributed by atoms with Crippen LogP contribution in [-0.2, 0) is 9.59 Å². The Hall–Kier alpha value is -0.920. The zero-order valence-corrected chi connectivity index (χ0v) is 11.4. The van der Waals surface area contributed by atoms with E-state index in [1.807, 2.05) is 0 Å². The van der Waals surface area contributed by atoms with E-state index in [0.29, 0.717) is 35.2 Å². The van der Waals surface area contributed by atoms with Crippen LogP contribution in [0.1, 0.15) is 33.1 Å². The quantitative estimate of drug-likeness (QED) is 0.622. The lowest BCUT2D eigenvalue weighted by Gasteiger charge is -2.65. The Balaban J connectivity index is 1.73. The summed E-state index contributed by atoms with van der Waals surface area (Å²) in [5.41, 5.74) is 2.38. The number of fused-ring (bicyclic) bond motifs is 1. The van der Waals surface area contributed by atoms with Gasteiger partial charge < -0.3 is 0 Å². The fourth-order valence-corrected chi connectivity index (χ4v) is 8.20. The highest BCUT2D eigenvalue weighted by molar-refractivity contribution is 6.12. The van der Waals surface area contributed by atoms with Gasteiger partial charge in [0.15, 0.2) is 0 Å². The summed E-state index contributed by atoms with van der Waals surface area (Å²) < 4.78 is 0. The third-order valence-electron chi connectivity index (χ3n) is 8.40. The summed E-state index contributed by atoms with van der Waals surface area (Å²) in [5, 5.41) is 0. The van der Waals surface area contributed by atoms with Gasteiger partial charge in [-0.05, 0) is 56.8 Å². The van der Waals surface area contributed by atoms with Crippen LogP contribution in [0.5, 0.6) is 0 Å². The molecule has 6 rings (SSSR count). The predicted molar refractivity (Wildman–Crippen MR) is 68.0 cm³/mol. The Bertz CT molecular complexity index is 590. The Kier molecular flexibility index (Phi) is 1.18. The van der Waals surface area contributed by atoms with Gasteiger partial charge in [-0.25, -0.2) is 0 Å². The average molecular weight is 254 g/mol. The number of rotatable bonds is 0. The van der Waals surface area contributed by atoms with E-state index in [2.05, 4.69) is 13.8 Å². The zero-order chi connectivity index (χ0) is 12.9. The van der Waals surface area contributed by atoms with Crippen LogP contribution < -0.4 is 0 Å². The van der Waals surface area contributed by atoms with Crippen molar-refractivity contribution in [2.24, 2.45) is 46.3 Å². The van der Waals surface area contributed by atoms with Gasteiger partial charge in [0, 0.05) is 22.7 Å². The molecule has 5 saturated carbocycles. The molecule has 98 valence electrons. The van der Waals surface area contributed by atoms with Crippen LogP contribution in [0.4, 0.5) is 0 Å². The van der Waals surface area contributed by atoms with Gasteiger partial charge in [0.05, 0.1) is 0 Å². The van der Waals surface area contributed by atoms with E-state index >= 15 is 0 Å². The second-order valence-electron chi connectivity index (χ2n) is 8.25. The molecule has 0 aromatic rings. The zero-order valence-electron chi connectivity index (χ0n) is 11.4. The van der Waals surface area contributed by atoms with E-state index in [1.165, 1.54) is 17.6 Å².